The fourth-order valence-corrected chi connectivity index (χ4v) is 3.66. The molecule has 0 fully saturated rings. The van der Waals surface area contributed by atoms with Crippen LogP contribution in [-0.4, -0.2) is 25.6 Å². The minimum atomic E-state index is -0.508. The largest absolute Gasteiger partial charge is 0.463 e. The van der Waals surface area contributed by atoms with Gasteiger partial charge < -0.3 is 9.73 Å². The van der Waals surface area contributed by atoms with E-state index in [9.17, 15) is 14.9 Å². The fraction of sp³-hybridized carbons (Fsp3) is 0.105. The maximum atomic E-state index is 12.8. The van der Waals surface area contributed by atoms with E-state index in [1.54, 1.807) is 44.4 Å². The molecule has 0 unspecified atom stereocenters. The van der Waals surface area contributed by atoms with Crippen LogP contribution in [0, 0.1) is 24.0 Å². The normalized spacial score (nSPS) is 10.8. The second-order valence-corrected chi connectivity index (χ2v) is 7.07. The van der Waals surface area contributed by atoms with Gasteiger partial charge in [0.2, 0.25) is 5.13 Å². The third-order valence-corrected chi connectivity index (χ3v) is 5.08. The quantitative estimate of drug-likeness (QED) is 0.386. The maximum absolute atomic E-state index is 12.8. The summed E-state index contributed by atoms with van der Waals surface area (Å²) in [4.78, 5) is 27.9. The molecule has 1 N–H and O–H groups in total. The summed E-state index contributed by atoms with van der Waals surface area (Å²) in [6.07, 6.45) is 1.57. The number of hydrogen-bond donors (Lipinski definition) is 1. The molecule has 1 amide bonds. The molecular formula is C19H15N5O4S. The van der Waals surface area contributed by atoms with Crippen molar-refractivity contribution in [1.82, 2.24) is 14.8 Å². The number of aromatic nitrogens is 3. The van der Waals surface area contributed by atoms with Crippen molar-refractivity contribution in [2.24, 2.45) is 0 Å². The van der Waals surface area contributed by atoms with Gasteiger partial charge in [0, 0.05) is 28.6 Å². The third kappa shape index (κ3) is 3.52. The first-order valence-corrected chi connectivity index (χ1v) is 9.44. The molecule has 0 aliphatic rings. The van der Waals surface area contributed by atoms with Gasteiger partial charge in [-0.25, -0.2) is 4.98 Å². The molecule has 10 heteroatoms. The molecule has 29 heavy (non-hydrogen) atoms. The molecule has 0 aliphatic carbocycles. The highest BCUT2D eigenvalue weighted by Crippen LogP contribution is 2.27. The van der Waals surface area contributed by atoms with Crippen LogP contribution in [-0.2, 0) is 0 Å². The fourth-order valence-electron chi connectivity index (χ4n) is 2.88. The number of carbonyl (C=O) groups is 1. The summed E-state index contributed by atoms with van der Waals surface area (Å²) in [6.45, 7) is 3.35. The molecular weight excluding hydrogens is 394 g/mol. The summed E-state index contributed by atoms with van der Waals surface area (Å²) in [5.41, 5.74) is 1.76. The number of hydrogen-bond acceptors (Lipinski definition) is 7. The molecule has 9 nitrogen and oxygen atoms in total. The van der Waals surface area contributed by atoms with E-state index in [1.165, 1.54) is 28.2 Å². The Balaban J connectivity index is 1.65. The van der Waals surface area contributed by atoms with Crippen molar-refractivity contribution in [1.29, 1.82) is 0 Å². The second-order valence-electron chi connectivity index (χ2n) is 6.24. The van der Waals surface area contributed by atoms with Crippen LogP contribution in [0.1, 0.15) is 21.6 Å². The zero-order valence-electron chi connectivity index (χ0n) is 15.4. The van der Waals surface area contributed by atoms with Gasteiger partial charge in [0.1, 0.15) is 11.5 Å². The summed E-state index contributed by atoms with van der Waals surface area (Å²) >= 11 is 1.35. The standard InChI is InChI=1S/C19H15N5O4S/c1-11-9-17(21-18(25)13-5-3-6-15(12(13)2)24(26)27)23(22-11)19-20-14(10-29-19)16-7-4-8-28-16/h3-10H,1-2H3,(H,21,25). The van der Waals surface area contributed by atoms with Crippen molar-refractivity contribution < 1.29 is 14.1 Å². The van der Waals surface area contributed by atoms with Gasteiger partial charge in [0.25, 0.3) is 11.6 Å². The Hall–Kier alpha value is -3.79. The van der Waals surface area contributed by atoms with Crippen molar-refractivity contribution in [2.75, 3.05) is 5.32 Å². The van der Waals surface area contributed by atoms with Crippen LogP contribution in [0.4, 0.5) is 11.5 Å². The number of nitrogens with zero attached hydrogens (tertiary/aromatic N) is 4. The van der Waals surface area contributed by atoms with Crippen LogP contribution in [0.15, 0.2) is 52.5 Å². The van der Waals surface area contributed by atoms with E-state index in [0.29, 0.717) is 33.7 Å². The number of nitro groups is 1. The average Bonchev–Trinajstić information content (AvgIpc) is 3.41. The first kappa shape index (κ1) is 18.6. The van der Waals surface area contributed by atoms with E-state index in [-0.39, 0.29) is 11.3 Å². The Kier molecular flexibility index (Phi) is 4.69. The molecule has 0 saturated carbocycles. The third-order valence-electron chi connectivity index (χ3n) is 4.27. The maximum Gasteiger partial charge on any atom is 0.273 e. The number of carbonyl (C=O) groups excluding carboxylic acids is 1. The molecule has 3 heterocycles. The summed E-state index contributed by atoms with van der Waals surface area (Å²) in [6, 6.07) is 9.69. The Bertz CT molecular complexity index is 1210. The lowest BCUT2D eigenvalue weighted by Crippen LogP contribution is -2.16. The molecule has 1 aromatic carbocycles. The van der Waals surface area contributed by atoms with Gasteiger partial charge in [0.15, 0.2) is 5.76 Å². The van der Waals surface area contributed by atoms with Crippen molar-refractivity contribution in [3.63, 3.8) is 0 Å². The number of anilines is 1. The Morgan fingerprint density at radius 3 is 2.83 bits per heavy atom. The molecule has 0 saturated heterocycles. The minimum absolute atomic E-state index is 0.106. The van der Waals surface area contributed by atoms with Crippen LogP contribution < -0.4 is 5.32 Å². The summed E-state index contributed by atoms with van der Waals surface area (Å²) in [5.74, 6) is 0.586. The van der Waals surface area contributed by atoms with E-state index in [2.05, 4.69) is 15.4 Å². The summed E-state index contributed by atoms with van der Waals surface area (Å²) in [5, 5.41) is 20.7. The number of nitrogens with one attached hydrogen (secondary N) is 1. The Morgan fingerprint density at radius 2 is 2.10 bits per heavy atom. The minimum Gasteiger partial charge on any atom is -0.463 e. The van der Waals surface area contributed by atoms with E-state index in [4.69, 9.17) is 4.42 Å². The molecule has 0 bridgehead atoms. The van der Waals surface area contributed by atoms with Gasteiger partial charge in [-0.15, -0.1) is 11.3 Å². The Morgan fingerprint density at radius 1 is 1.28 bits per heavy atom. The van der Waals surface area contributed by atoms with Crippen molar-refractivity contribution in [2.45, 2.75) is 13.8 Å². The molecule has 146 valence electrons. The lowest BCUT2D eigenvalue weighted by molar-refractivity contribution is -0.385. The van der Waals surface area contributed by atoms with Crippen LogP contribution in [0.25, 0.3) is 16.6 Å². The van der Waals surface area contributed by atoms with Crippen molar-refractivity contribution in [3.05, 3.63) is 75.0 Å². The zero-order valence-corrected chi connectivity index (χ0v) is 16.3. The molecule has 0 spiro atoms. The van der Waals surface area contributed by atoms with Crippen LogP contribution in [0.3, 0.4) is 0 Å². The topological polar surface area (TPSA) is 116 Å². The summed E-state index contributed by atoms with van der Waals surface area (Å²) in [7, 11) is 0. The lowest BCUT2D eigenvalue weighted by atomic mass is 10.1. The number of amides is 1. The highest BCUT2D eigenvalue weighted by atomic mass is 32.1. The van der Waals surface area contributed by atoms with Gasteiger partial charge in [0.05, 0.1) is 16.9 Å². The monoisotopic (exact) mass is 409 g/mol. The van der Waals surface area contributed by atoms with E-state index in [1.807, 2.05) is 5.38 Å². The van der Waals surface area contributed by atoms with Gasteiger partial charge in [-0.1, -0.05) is 6.07 Å². The molecule has 0 aliphatic heterocycles. The van der Waals surface area contributed by atoms with Crippen molar-refractivity contribution in [3.8, 4) is 16.6 Å². The zero-order chi connectivity index (χ0) is 20.5. The van der Waals surface area contributed by atoms with Crippen molar-refractivity contribution >= 4 is 28.7 Å². The van der Waals surface area contributed by atoms with Gasteiger partial charge in [-0.05, 0) is 32.0 Å². The number of furan rings is 1. The SMILES string of the molecule is Cc1cc(NC(=O)c2cccc([N+](=O)[O-])c2C)n(-c2nc(-c3ccco3)cs2)n1. The predicted molar refractivity (Wildman–Crippen MR) is 107 cm³/mol. The van der Waals surface area contributed by atoms with Gasteiger partial charge in [-0.3, -0.25) is 14.9 Å². The molecule has 0 atom stereocenters. The molecule has 4 rings (SSSR count). The first-order chi connectivity index (χ1) is 13.9. The average molecular weight is 409 g/mol. The smallest absolute Gasteiger partial charge is 0.273 e. The number of aryl methyl sites for hydroxylation is 1. The van der Waals surface area contributed by atoms with Crippen LogP contribution >= 0.6 is 11.3 Å². The predicted octanol–water partition coefficient (Wildman–Crippen LogP) is 4.37. The van der Waals surface area contributed by atoms with E-state index in [0.717, 1.165) is 0 Å². The van der Waals surface area contributed by atoms with E-state index < -0.39 is 10.8 Å². The number of rotatable bonds is 5. The number of thiazole rings is 1. The highest BCUT2D eigenvalue weighted by molar-refractivity contribution is 7.12. The molecule has 0 radical (unpaired) electrons. The lowest BCUT2D eigenvalue weighted by Gasteiger charge is -2.08. The first-order valence-electron chi connectivity index (χ1n) is 8.56. The van der Waals surface area contributed by atoms with Gasteiger partial charge in [-0.2, -0.15) is 9.78 Å². The second kappa shape index (κ2) is 7.32. The molecule has 3 aromatic heterocycles. The van der Waals surface area contributed by atoms with Crippen LogP contribution in [0.5, 0.6) is 0 Å². The highest BCUT2D eigenvalue weighted by Gasteiger charge is 2.20. The Labute approximate surface area is 168 Å². The van der Waals surface area contributed by atoms with Gasteiger partial charge >= 0.3 is 0 Å². The molecule has 4 aromatic rings. The summed E-state index contributed by atoms with van der Waals surface area (Å²) < 4.78 is 6.88. The number of nitro benzene ring substituents is 1. The van der Waals surface area contributed by atoms with Crippen LogP contribution in [0.2, 0.25) is 0 Å². The number of benzene rings is 1. The van der Waals surface area contributed by atoms with E-state index >= 15 is 0 Å².